The summed E-state index contributed by atoms with van der Waals surface area (Å²) in [7, 11) is -3.48. The molecule has 8 nitrogen and oxygen atoms in total. The van der Waals surface area contributed by atoms with Crippen molar-refractivity contribution in [1.82, 2.24) is 19.5 Å². The van der Waals surface area contributed by atoms with E-state index in [-0.39, 0.29) is 0 Å². The molecule has 1 N–H and O–H groups in total. The first kappa shape index (κ1) is 19.3. The third kappa shape index (κ3) is 4.36. The largest absolute Gasteiger partial charge is 0.352 e. The van der Waals surface area contributed by atoms with Gasteiger partial charge in [0.05, 0.1) is 4.90 Å². The van der Waals surface area contributed by atoms with E-state index in [9.17, 15) is 8.42 Å². The fraction of sp³-hybridized carbons (Fsp3) is 0.250. The Hall–Kier alpha value is -3.04. The van der Waals surface area contributed by atoms with Crippen LogP contribution in [0.5, 0.6) is 0 Å². The molecular weight excluding hydrogens is 388 g/mol. The normalized spacial score (nSPS) is 15.3. The fourth-order valence-corrected chi connectivity index (χ4v) is 4.75. The Bertz CT molecular complexity index is 1070. The molecule has 2 aromatic heterocycles. The number of benzene rings is 1. The predicted octanol–water partition coefficient (Wildman–Crippen LogP) is 2.43. The first-order chi connectivity index (χ1) is 14.0. The molecule has 0 atom stereocenters. The molecule has 0 bridgehead atoms. The van der Waals surface area contributed by atoms with Crippen molar-refractivity contribution in [2.45, 2.75) is 11.8 Å². The van der Waals surface area contributed by atoms with Crippen LogP contribution in [0.2, 0.25) is 0 Å². The molecule has 3 aromatic rings. The highest BCUT2D eigenvalue weighted by atomic mass is 32.2. The second-order valence-electron chi connectivity index (χ2n) is 6.85. The first-order valence-corrected chi connectivity index (χ1v) is 10.8. The lowest BCUT2D eigenvalue weighted by molar-refractivity contribution is 0.383. The molecule has 3 heterocycles. The summed E-state index contributed by atoms with van der Waals surface area (Å²) in [5, 5.41) is 11.7. The molecule has 0 radical (unpaired) electrons. The van der Waals surface area contributed by atoms with Gasteiger partial charge in [0.1, 0.15) is 0 Å². The van der Waals surface area contributed by atoms with E-state index in [4.69, 9.17) is 0 Å². The number of hydrogen-bond donors (Lipinski definition) is 1. The van der Waals surface area contributed by atoms with Gasteiger partial charge in [-0.25, -0.2) is 8.42 Å². The van der Waals surface area contributed by atoms with Crippen LogP contribution in [0.15, 0.2) is 65.8 Å². The van der Waals surface area contributed by atoms with E-state index in [2.05, 4.69) is 20.5 Å². The molecular formula is C20H22N6O2S. The average Bonchev–Trinajstić information content (AvgIpc) is 2.75. The number of aromatic nitrogens is 3. The summed E-state index contributed by atoms with van der Waals surface area (Å²) in [5.74, 6) is 1.37. The van der Waals surface area contributed by atoms with Crippen LogP contribution < -0.4 is 10.2 Å². The van der Waals surface area contributed by atoms with Gasteiger partial charge in [0.2, 0.25) is 10.0 Å². The van der Waals surface area contributed by atoms with Gasteiger partial charge in [0.25, 0.3) is 0 Å². The van der Waals surface area contributed by atoms with E-state index in [0.717, 1.165) is 17.1 Å². The van der Waals surface area contributed by atoms with Crippen molar-refractivity contribution >= 4 is 27.3 Å². The summed E-state index contributed by atoms with van der Waals surface area (Å²) in [5.41, 5.74) is 1.82. The van der Waals surface area contributed by atoms with Crippen LogP contribution in [0, 0.1) is 6.92 Å². The predicted molar refractivity (Wildman–Crippen MR) is 112 cm³/mol. The minimum Gasteiger partial charge on any atom is -0.352 e. The Labute approximate surface area is 170 Å². The van der Waals surface area contributed by atoms with Gasteiger partial charge in [-0.05, 0) is 48.9 Å². The van der Waals surface area contributed by atoms with Crippen molar-refractivity contribution in [3.05, 3.63) is 66.5 Å². The second-order valence-corrected chi connectivity index (χ2v) is 8.78. The molecule has 1 aliphatic rings. The number of nitrogens with zero attached hydrogens (tertiary/aromatic N) is 5. The SMILES string of the molecule is Cc1cccc(S(=O)(=O)N2CCN(c3ccc(Nc4ccncc4)nn3)CC2)c1. The molecule has 0 saturated carbocycles. The van der Waals surface area contributed by atoms with E-state index < -0.39 is 10.0 Å². The Morgan fingerprint density at radius 2 is 1.69 bits per heavy atom. The average molecular weight is 411 g/mol. The number of nitrogens with one attached hydrogen (secondary N) is 1. The molecule has 4 rings (SSSR count). The number of rotatable bonds is 5. The Morgan fingerprint density at radius 1 is 0.931 bits per heavy atom. The number of hydrogen-bond acceptors (Lipinski definition) is 7. The Morgan fingerprint density at radius 3 is 2.34 bits per heavy atom. The van der Waals surface area contributed by atoms with E-state index >= 15 is 0 Å². The Balaban J connectivity index is 1.39. The van der Waals surface area contributed by atoms with Gasteiger partial charge in [-0.1, -0.05) is 12.1 Å². The summed E-state index contributed by atoms with van der Waals surface area (Å²) < 4.78 is 27.3. The third-order valence-corrected chi connectivity index (χ3v) is 6.69. The molecule has 9 heteroatoms. The monoisotopic (exact) mass is 410 g/mol. The summed E-state index contributed by atoms with van der Waals surface area (Å²) in [4.78, 5) is 6.37. The lowest BCUT2D eigenvalue weighted by atomic mass is 10.2. The number of sulfonamides is 1. The zero-order valence-corrected chi connectivity index (χ0v) is 16.9. The summed E-state index contributed by atoms with van der Waals surface area (Å²) in [6, 6.07) is 14.5. The van der Waals surface area contributed by atoms with Gasteiger partial charge in [-0.2, -0.15) is 4.31 Å². The molecule has 0 amide bonds. The van der Waals surface area contributed by atoms with E-state index in [0.29, 0.717) is 36.9 Å². The van der Waals surface area contributed by atoms with E-state index in [1.807, 2.05) is 42.2 Å². The van der Waals surface area contributed by atoms with Crippen molar-refractivity contribution in [2.75, 3.05) is 36.4 Å². The number of piperazine rings is 1. The Kier molecular flexibility index (Phi) is 5.41. The van der Waals surface area contributed by atoms with Gasteiger partial charge >= 0.3 is 0 Å². The van der Waals surface area contributed by atoms with Crippen LogP contribution in [-0.2, 0) is 10.0 Å². The molecule has 1 fully saturated rings. The van der Waals surface area contributed by atoms with Gasteiger partial charge in [-0.3, -0.25) is 4.98 Å². The minimum absolute atomic E-state index is 0.345. The highest BCUT2D eigenvalue weighted by molar-refractivity contribution is 7.89. The topological polar surface area (TPSA) is 91.3 Å². The van der Waals surface area contributed by atoms with Gasteiger partial charge in [0, 0.05) is 44.3 Å². The quantitative estimate of drug-likeness (QED) is 0.691. The second kappa shape index (κ2) is 8.14. The highest BCUT2D eigenvalue weighted by Crippen LogP contribution is 2.21. The smallest absolute Gasteiger partial charge is 0.243 e. The van der Waals surface area contributed by atoms with Gasteiger partial charge < -0.3 is 10.2 Å². The lowest BCUT2D eigenvalue weighted by Gasteiger charge is -2.34. The fourth-order valence-electron chi connectivity index (χ4n) is 3.23. The first-order valence-electron chi connectivity index (χ1n) is 9.35. The van der Waals surface area contributed by atoms with Crippen LogP contribution in [0.3, 0.4) is 0 Å². The van der Waals surface area contributed by atoms with Crippen LogP contribution >= 0.6 is 0 Å². The zero-order valence-electron chi connectivity index (χ0n) is 16.1. The number of aryl methyl sites for hydroxylation is 1. The standard InChI is InChI=1S/C20H22N6O2S/c1-16-3-2-4-18(15-16)29(27,28)26-13-11-25(12-14-26)20-6-5-19(23-24-20)22-17-7-9-21-10-8-17/h2-10,15H,11-14H2,1H3,(H,21,22,23). The van der Waals surface area contributed by atoms with Crippen LogP contribution in [-0.4, -0.2) is 54.1 Å². The van der Waals surface area contributed by atoms with E-state index in [1.54, 1.807) is 30.6 Å². The van der Waals surface area contributed by atoms with Crippen LogP contribution in [0.4, 0.5) is 17.3 Å². The van der Waals surface area contributed by atoms with Crippen molar-refractivity contribution in [3.63, 3.8) is 0 Å². The number of anilines is 3. The van der Waals surface area contributed by atoms with Crippen molar-refractivity contribution in [1.29, 1.82) is 0 Å². The van der Waals surface area contributed by atoms with Gasteiger partial charge in [-0.15, -0.1) is 10.2 Å². The van der Waals surface area contributed by atoms with Crippen LogP contribution in [0.1, 0.15) is 5.56 Å². The minimum atomic E-state index is -3.48. The summed E-state index contributed by atoms with van der Waals surface area (Å²) in [6.07, 6.45) is 3.41. The molecule has 0 spiro atoms. The highest BCUT2D eigenvalue weighted by Gasteiger charge is 2.29. The lowest BCUT2D eigenvalue weighted by Crippen LogP contribution is -2.49. The molecule has 150 valence electrons. The van der Waals surface area contributed by atoms with Gasteiger partial charge in [0.15, 0.2) is 11.6 Å². The molecule has 1 aliphatic heterocycles. The third-order valence-electron chi connectivity index (χ3n) is 4.79. The summed E-state index contributed by atoms with van der Waals surface area (Å²) in [6.45, 7) is 3.85. The molecule has 0 unspecified atom stereocenters. The molecule has 1 saturated heterocycles. The molecule has 29 heavy (non-hydrogen) atoms. The molecule has 0 aliphatic carbocycles. The van der Waals surface area contributed by atoms with E-state index in [1.165, 1.54) is 4.31 Å². The van der Waals surface area contributed by atoms with Crippen LogP contribution in [0.25, 0.3) is 0 Å². The maximum absolute atomic E-state index is 12.9. The number of pyridine rings is 1. The maximum Gasteiger partial charge on any atom is 0.243 e. The maximum atomic E-state index is 12.9. The van der Waals surface area contributed by atoms with Crippen molar-refractivity contribution in [3.8, 4) is 0 Å². The van der Waals surface area contributed by atoms with Crippen molar-refractivity contribution < 1.29 is 8.42 Å². The van der Waals surface area contributed by atoms with Crippen molar-refractivity contribution in [2.24, 2.45) is 0 Å². The summed E-state index contributed by atoms with van der Waals surface area (Å²) >= 11 is 0. The zero-order chi connectivity index (χ0) is 20.3. The molecule has 1 aromatic carbocycles.